The fourth-order valence-corrected chi connectivity index (χ4v) is 1.99. The van der Waals surface area contributed by atoms with Crippen molar-refractivity contribution in [3.63, 3.8) is 0 Å². The molecule has 1 aromatic carbocycles. The Hall–Kier alpha value is -2.84. The quantitative estimate of drug-likeness (QED) is 0.530. The Morgan fingerprint density at radius 3 is 2.71 bits per heavy atom. The molecule has 24 heavy (non-hydrogen) atoms. The fraction of sp³-hybridized carbons (Fsp3) is 0.333. The predicted octanol–water partition coefficient (Wildman–Crippen LogP) is 1.88. The topological polar surface area (TPSA) is 83.6 Å². The molecule has 9 heteroatoms. The number of alkyl halides is 2. The molecular weight excluding hydrogens is 320 g/mol. The normalized spacial score (nSPS) is 11.5. The highest BCUT2D eigenvalue weighted by Gasteiger charge is 2.11. The number of nitrogens with zero attached hydrogens (tertiary/aromatic N) is 2. The van der Waals surface area contributed by atoms with E-state index in [0.717, 1.165) is 5.69 Å². The molecule has 0 aliphatic heterocycles. The van der Waals surface area contributed by atoms with E-state index < -0.39 is 6.61 Å². The van der Waals surface area contributed by atoms with Crippen LogP contribution in [-0.4, -0.2) is 36.9 Å². The molecule has 0 spiro atoms. The van der Waals surface area contributed by atoms with Gasteiger partial charge >= 0.3 is 6.61 Å². The van der Waals surface area contributed by atoms with Gasteiger partial charge in [0.05, 0.1) is 19.3 Å². The third kappa shape index (κ3) is 5.11. The van der Waals surface area contributed by atoms with Crippen molar-refractivity contribution in [2.75, 3.05) is 14.2 Å². The van der Waals surface area contributed by atoms with Crippen molar-refractivity contribution in [1.29, 1.82) is 0 Å². The molecule has 0 saturated carbocycles. The fourth-order valence-electron chi connectivity index (χ4n) is 1.99. The average molecular weight is 339 g/mol. The lowest BCUT2D eigenvalue weighted by molar-refractivity contribution is -0.0504. The van der Waals surface area contributed by atoms with Crippen LogP contribution in [0.1, 0.15) is 11.3 Å². The predicted molar refractivity (Wildman–Crippen MR) is 85.3 cm³/mol. The van der Waals surface area contributed by atoms with Crippen molar-refractivity contribution in [3.8, 4) is 11.5 Å². The third-order valence-corrected chi connectivity index (χ3v) is 3.16. The number of guanidine groups is 1. The van der Waals surface area contributed by atoms with Crippen LogP contribution in [0.3, 0.4) is 0 Å². The van der Waals surface area contributed by atoms with Crippen molar-refractivity contribution < 1.29 is 18.3 Å². The first-order valence-corrected chi connectivity index (χ1v) is 7.17. The lowest BCUT2D eigenvalue weighted by atomic mass is 10.2. The molecule has 0 aliphatic rings. The summed E-state index contributed by atoms with van der Waals surface area (Å²) in [5, 5.41) is 12.8. The number of ether oxygens (including phenoxy) is 2. The van der Waals surface area contributed by atoms with Crippen LogP contribution in [0.4, 0.5) is 8.78 Å². The molecule has 0 radical (unpaired) electrons. The van der Waals surface area contributed by atoms with E-state index in [1.165, 1.54) is 13.2 Å². The van der Waals surface area contributed by atoms with E-state index in [0.29, 0.717) is 23.8 Å². The zero-order chi connectivity index (χ0) is 17.4. The number of H-pyrrole nitrogens is 1. The number of nitrogens with one attached hydrogen (secondary N) is 3. The minimum absolute atomic E-state index is 0.0855. The monoisotopic (exact) mass is 339 g/mol. The van der Waals surface area contributed by atoms with Crippen molar-refractivity contribution >= 4 is 5.96 Å². The molecular formula is C15H19F2N5O2. The number of methoxy groups -OCH3 is 1. The zero-order valence-corrected chi connectivity index (χ0v) is 13.3. The maximum atomic E-state index is 12.5. The summed E-state index contributed by atoms with van der Waals surface area (Å²) in [6, 6.07) is 6.47. The SMILES string of the molecule is CN=C(NCc1ccn[nH]1)NCc1cc(OC)ccc1OC(F)F. The van der Waals surface area contributed by atoms with E-state index in [2.05, 4.69) is 30.6 Å². The largest absolute Gasteiger partial charge is 0.497 e. The zero-order valence-electron chi connectivity index (χ0n) is 13.3. The van der Waals surface area contributed by atoms with Gasteiger partial charge in [0.15, 0.2) is 5.96 Å². The van der Waals surface area contributed by atoms with Crippen LogP contribution in [0.15, 0.2) is 35.5 Å². The summed E-state index contributed by atoms with van der Waals surface area (Å²) in [5.41, 5.74) is 1.42. The molecule has 0 bridgehead atoms. The number of rotatable bonds is 7. The van der Waals surface area contributed by atoms with Gasteiger partial charge in [-0.15, -0.1) is 0 Å². The smallest absolute Gasteiger partial charge is 0.387 e. The van der Waals surface area contributed by atoms with Gasteiger partial charge in [0.1, 0.15) is 11.5 Å². The van der Waals surface area contributed by atoms with Crippen LogP contribution in [0.25, 0.3) is 0 Å². The van der Waals surface area contributed by atoms with Crippen LogP contribution in [-0.2, 0) is 13.1 Å². The lowest BCUT2D eigenvalue weighted by Gasteiger charge is -2.15. The van der Waals surface area contributed by atoms with Crippen LogP contribution in [0, 0.1) is 0 Å². The molecule has 2 aromatic rings. The Morgan fingerprint density at radius 1 is 1.29 bits per heavy atom. The highest BCUT2D eigenvalue weighted by Crippen LogP contribution is 2.25. The van der Waals surface area contributed by atoms with E-state index in [9.17, 15) is 8.78 Å². The Balaban J connectivity index is 2.00. The highest BCUT2D eigenvalue weighted by molar-refractivity contribution is 5.79. The minimum Gasteiger partial charge on any atom is -0.497 e. The molecule has 7 nitrogen and oxygen atoms in total. The Morgan fingerprint density at radius 2 is 2.08 bits per heavy atom. The maximum Gasteiger partial charge on any atom is 0.387 e. The first-order valence-electron chi connectivity index (χ1n) is 7.17. The Labute approximate surface area is 138 Å². The van der Waals surface area contributed by atoms with Crippen LogP contribution in [0.5, 0.6) is 11.5 Å². The summed E-state index contributed by atoms with van der Waals surface area (Å²) in [5.74, 6) is 1.14. The van der Waals surface area contributed by atoms with Gasteiger partial charge in [-0.05, 0) is 24.3 Å². The molecule has 0 amide bonds. The molecule has 0 saturated heterocycles. The van der Waals surface area contributed by atoms with Crippen molar-refractivity contribution in [1.82, 2.24) is 20.8 Å². The summed E-state index contributed by atoms with van der Waals surface area (Å²) in [7, 11) is 3.12. The van der Waals surface area contributed by atoms with Gasteiger partial charge < -0.3 is 20.1 Å². The number of aromatic nitrogens is 2. The lowest BCUT2D eigenvalue weighted by Crippen LogP contribution is -2.36. The molecule has 1 aromatic heterocycles. The summed E-state index contributed by atoms with van der Waals surface area (Å²) in [6.45, 7) is -2.16. The first-order chi connectivity index (χ1) is 11.6. The van der Waals surface area contributed by atoms with Crippen molar-refractivity contribution in [3.05, 3.63) is 41.7 Å². The standard InChI is InChI=1S/C15H19F2N5O2/c1-18-15(20-9-11-5-6-21-22-11)19-8-10-7-12(23-2)3-4-13(10)24-14(16)17/h3-7,14H,8-9H2,1-2H3,(H,21,22)(H2,18,19,20). The molecule has 0 atom stereocenters. The van der Waals surface area contributed by atoms with E-state index in [4.69, 9.17) is 4.74 Å². The van der Waals surface area contributed by atoms with E-state index in [1.807, 2.05) is 6.07 Å². The number of hydrogen-bond donors (Lipinski definition) is 3. The van der Waals surface area contributed by atoms with Crippen molar-refractivity contribution in [2.24, 2.45) is 4.99 Å². The first kappa shape index (κ1) is 17.5. The minimum atomic E-state index is -2.89. The number of hydrogen-bond acceptors (Lipinski definition) is 4. The van der Waals surface area contributed by atoms with E-state index in [1.54, 1.807) is 25.4 Å². The molecule has 0 fully saturated rings. The number of benzene rings is 1. The van der Waals surface area contributed by atoms with E-state index in [-0.39, 0.29) is 12.3 Å². The second-order valence-corrected chi connectivity index (χ2v) is 4.71. The number of halogens is 2. The van der Waals surface area contributed by atoms with Gasteiger partial charge in [-0.2, -0.15) is 13.9 Å². The van der Waals surface area contributed by atoms with Crippen molar-refractivity contribution in [2.45, 2.75) is 19.7 Å². The summed E-state index contributed by atoms with van der Waals surface area (Å²) >= 11 is 0. The third-order valence-electron chi connectivity index (χ3n) is 3.16. The summed E-state index contributed by atoms with van der Waals surface area (Å²) in [4.78, 5) is 4.08. The van der Waals surface area contributed by atoms with Gasteiger partial charge in [0.25, 0.3) is 0 Å². The second-order valence-electron chi connectivity index (χ2n) is 4.71. The molecule has 130 valence electrons. The van der Waals surface area contributed by atoms with Gasteiger partial charge in [0, 0.05) is 25.4 Å². The van der Waals surface area contributed by atoms with Gasteiger partial charge in [0.2, 0.25) is 0 Å². The Kier molecular flexibility index (Phi) is 6.35. The molecule has 0 aliphatic carbocycles. The summed E-state index contributed by atoms with van der Waals surface area (Å²) < 4.78 is 34.7. The molecule has 1 heterocycles. The average Bonchev–Trinajstić information content (AvgIpc) is 3.09. The molecule has 0 unspecified atom stereocenters. The second kappa shape index (κ2) is 8.70. The van der Waals surface area contributed by atoms with Gasteiger partial charge in [-0.3, -0.25) is 10.1 Å². The number of aliphatic imine (C=N–C) groups is 1. The van der Waals surface area contributed by atoms with Crippen LogP contribution >= 0.6 is 0 Å². The summed E-state index contributed by atoms with van der Waals surface area (Å²) in [6.07, 6.45) is 1.65. The number of aromatic amines is 1. The van der Waals surface area contributed by atoms with Gasteiger partial charge in [-0.1, -0.05) is 0 Å². The van der Waals surface area contributed by atoms with E-state index >= 15 is 0 Å². The molecule has 3 N–H and O–H groups in total. The Bertz CT molecular complexity index is 662. The van der Waals surface area contributed by atoms with Gasteiger partial charge in [-0.25, -0.2) is 0 Å². The maximum absolute atomic E-state index is 12.5. The highest BCUT2D eigenvalue weighted by atomic mass is 19.3. The van der Waals surface area contributed by atoms with Crippen LogP contribution in [0.2, 0.25) is 0 Å². The molecule has 2 rings (SSSR count). The van der Waals surface area contributed by atoms with Crippen LogP contribution < -0.4 is 20.1 Å².